The summed E-state index contributed by atoms with van der Waals surface area (Å²) < 4.78 is 0. The van der Waals surface area contributed by atoms with E-state index in [1.807, 2.05) is 36.4 Å². The Hall–Kier alpha value is -2.06. The van der Waals surface area contributed by atoms with Crippen LogP contribution in [0.25, 0.3) is 6.08 Å². The van der Waals surface area contributed by atoms with Crippen LogP contribution in [0.1, 0.15) is 12.5 Å². The molecule has 0 radical (unpaired) electrons. The van der Waals surface area contributed by atoms with Gasteiger partial charge in [0.05, 0.1) is 0 Å². The van der Waals surface area contributed by atoms with E-state index in [2.05, 4.69) is 5.32 Å². The first-order valence-electron chi connectivity index (χ1n) is 5.95. The first kappa shape index (κ1) is 13.4. The van der Waals surface area contributed by atoms with E-state index in [1.54, 1.807) is 31.2 Å². The second-order valence-electron chi connectivity index (χ2n) is 4.20. The van der Waals surface area contributed by atoms with Crippen LogP contribution in [0.5, 0.6) is 0 Å². The summed E-state index contributed by atoms with van der Waals surface area (Å²) in [5, 5.41) is 3.41. The molecular weight excluding hydrogens is 258 g/mol. The van der Waals surface area contributed by atoms with Crippen molar-refractivity contribution in [3.05, 3.63) is 70.8 Å². The van der Waals surface area contributed by atoms with Gasteiger partial charge in [0.2, 0.25) is 0 Å². The van der Waals surface area contributed by atoms with Crippen LogP contribution in [0, 0.1) is 0 Å². The lowest BCUT2D eigenvalue weighted by atomic mass is 10.1. The molecule has 0 fully saturated rings. The van der Waals surface area contributed by atoms with Crippen LogP contribution in [0.4, 0.5) is 5.69 Å². The van der Waals surface area contributed by atoms with Gasteiger partial charge in [-0.3, -0.25) is 4.79 Å². The van der Waals surface area contributed by atoms with Crippen molar-refractivity contribution in [2.75, 3.05) is 5.32 Å². The van der Waals surface area contributed by atoms with Gasteiger partial charge in [0.1, 0.15) is 0 Å². The summed E-state index contributed by atoms with van der Waals surface area (Å²) in [5.74, 6) is -0.133. The molecule has 0 saturated heterocycles. The number of nitrogens with one attached hydrogen (secondary N) is 1. The predicted molar refractivity (Wildman–Crippen MR) is 80.2 cm³/mol. The molecular formula is C16H14ClNO. The zero-order chi connectivity index (χ0) is 13.7. The Morgan fingerprint density at radius 3 is 2.53 bits per heavy atom. The van der Waals surface area contributed by atoms with E-state index in [4.69, 9.17) is 11.6 Å². The molecule has 0 aliphatic carbocycles. The van der Waals surface area contributed by atoms with Crippen molar-refractivity contribution in [1.29, 1.82) is 0 Å². The molecule has 2 aromatic rings. The Morgan fingerprint density at radius 2 is 1.84 bits per heavy atom. The molecule has 0 heterocycles. The third-order valence-corrected chi connectivity index (χ3v) is 2.86. The van der Waals surface area contributed by atoms with Crippen LogP contribution in [0.2, 0.25) is 5.02 Å². The fourth-order valence-corrected chi connectivity index (χ4v) is 1.85. The maximum Gasteiger partial charge on any atom is 0.251 e. The predicted octanol–water partition coefficient (Wildman–Crippen LogP) is 4.38. The summed E-state index contributed by atoms with van der Waals surface area (Å²) in [4.78, 5) is 12.0. The minimum atomic E-state index is -0.133. The van der Waals surface area contributed by atoms with Gasteiger partial charge in [-0.05, 0) is 36.8 Å². The van der Waals surface area contributed by atoms with Gasteiger partial charge in [0.15, 0.2) is 0 Å². The first-order chi connectivity index (χ1) is 9.15. The van der Waals surface area contributed by atoms with E-state index >= 15 is 0 Å². The molecule has 0 unspecified atom stereocenters. The van der Waals surface area contributed by atoms with Gasteiger partial charge in [-0.1, -0.05) is 48.0 Å². The third-order valence-electron chi connectivity index (χ3n) is 2.62. The number of hydrogen-bond acceptors (Lipinski definition) is 1. The lowest BCUT2D eigenvalue weighted by Crippen LogP contribution is -2.12. The van der Waals surface area contributed by atoms with Crippen molar-refractivity contribution in [3.8, 4) is 0 Å². The lowest BCUT2D eigenvalue weighted by molar-refractivity contribution is -0.112. The molecule has 0 atom stereocenters. The molecule has 0 aromatic heterocycles. The smallest absolute Gasteiger partial charge is 0.251 e. The Morgan fingerprint density at radius 1 is 1.11 bits per heavy atom. The van der Waals surface area contributed by atoms with Gasteiger partial charge in [-0.25, -0.2) is 0 Å². The summed E-state index contributed by atoms with van der Waals surface area (Å²) in [7, 11) is 0. The van der Waals surface area contributed by atoms with E-state index in [0.717, 1.165) is 5.56 Å². The van der Waals surface area contributed by atoms with E-state index < -0.39 is 0 Å². The average Bonchev–Trinajstić information content (AvgIpc) is 2.40. The van der Waals surface area contributed by atoms with E-state index in [-0.39, 0.29) is 5.91 Å². The number of carbonyl (C=O) groups excluding carboxylic acids is 1. The zero-order valence-corrected chi connectivity index (χ0v) is 11.3. The van der Waals surface area contributed by atoms with Crippen molar-refractivity contribution in [3.63, 3.8) is 0 Å². The van der Waals surface area contributed by atoms with Crippen LogP contribution in [-0.2, 0) is 4.79 Å². The third kappa shape index (κ3) is 3.97. The molecule has 0 aliphatic rings. The molecule has 0 bridgehead atoms. The maximum absolute atomic E-state index is 12.0. The van der Waals surface area contributed by atoms with Crippen LogP contribution in [0.15, 0.2) is 60.2 Å². The SMILES string of the molecule is CC(=Cc1ccccc1)C(=O)Nc1cccc(Cl)c1. The van der Waals surface area contributed by atoms with E-state index in [1.165, 1.54) is 0 Å². The lowest BCUT2D eigenvalue weighted by Gasteiger charge is -2.05. The molecule has 1 N–H and O–H groups in total. The summed E-state index contributed by atoms with van der Waals surface area (Å²) >= 11 is 5.87. The molecule has 0 aliphatic heterocycles. The van der Waals surface area contributed by atoms with Crippen molar-refractivity contribution in [2.24, 2.45) is 0 Å². The minimum Gasteiger partial charge on any atom is -0.322 e. The number of rotatable bonds is 3. The summed E-state index contributed by atoms with van der Waals surface area (Å²) in [6, 6.07) is 16.8. The number of amides is 1. The highest BCUT2D eigenvalue weighted by atomic mass is 35.5. The summed E-state index contributed by atoms with van der Waals surface area (Å²) in [6.07, 6.45) is 1.85. The van der Waals surface area contributed by atoms with E-state index in [0.29, 0.717) is 16.3 Å². The van der Waals surface area contributed by atoms with Crippen LogP contribution < -0.4 is 5.32 Å². The Kier molecular flexibility index (Phi) is 4.37. The standard InChI is InChI=1S/C16H14ClNO/c1-12(10-13-6-3-2-4-7-13)16(19)18-15-9-5-8-14(17)11-15/h2-11H,1H3,(H,18,19). The quantitative estimate of drug-likeness (QED) is 0.825. The Balaban J connectivity index is 2.10. The van der Waals surface area contributed by atoms with E-state index in [9.17, 15) is 4.79 Å². The molecule has 2 rings (SSSR count). The highest BCUT2D eigenvalue weighted by Gasteiger charge is 2.05. The monoisotopic (exact) mass is 271 g/mol. The topological polar surface area (TPSA) is 29.1 Å². The number of carbonyl (C=O) groups is 1. The maximum atomic E-state index is 12.0. The van der Waals surface area contributed by atoms with Gasteiger partial charge in [-0.2, -0.15) is 0 Å². The number of anilines is 1. The number of benzene rings is 2. The van der Waals surface area contributed by atoms with Crippen molar-refractivity contribution in [1.82, 2.24) is 0 Å². The van der Waals surface area contributed by atoms with Crippen molar-refractivity contribution in [2.45, 2.75) is 6.92 Å². The Bertz CT molecular complexity index is 605. The number of hydrogen-bond donors (Lipinski definition) is 1. The van der Waals surface area contributed by atoms with Gasteiger partial charge in [0, 0.05) is 16.3 Å². The molecule has 3 heteroatoms. The fourth-order valence-electron chi connectivity index (χ4n) is 1.66. The second kappa shape index (κ2) is 6.21. The summed E-state index contributed by atoms with van der Waals surface area (Å²) in [6.45, 7) is 1.78. The second-order valence-corrected chi connectivity index (χ2v) is 4.64. The highest BCUT2D eigenvalue weighted by Crippen LogP contribution is 2.16. The molecule has 2 nitrogen and oxygen atoms in total. The average molecular weight is 272 g/mol. The number of halogens is 1. The Labute approximate surface area is 117 Å². The normalized spacial score (nSPS) is 11.2. The van der Waals surface area contributed by atoms with Crippen molar-refractivity contribution >= 4 is 29.3 Å². The molecule has 2 aromatic carbocycles. The van der Waals surface area contributed by atoms with Gasteiger partial charge < -0.3 is 5.32 Å². The zero-order valence-electron chi connectivity index (χ0n) is 10.6. The van der Waals surface area contributed by atoms with Crippen LogP contribution >= 0.6 is 11.6 Å². The minimum absolute atomic E-state index is 0.133. The molecule has 0 spiro atoms. The van der Waals surface area contributed by atoms with Crippen LogP contribution in [0.3, 0.4) is 0 Å². The van der Waals surface area contributed by atoms with Gasteiger partial charge >= 0.3 is 0 Å². The molecule has 96 valence electrons. The molecule has 0 saturated carbocycles. The molecule has 19 heavy (non-hydrogen) atoms. The highest BCUT2D eigenvalue weighted by molar-refractivity contribution is 6.31. The summed E-state index contributed by atoms with van der Waals surface area (Å²) in [5.41, 5.74) is 2.34. The first-order valence-corrected chi connectivity index (χ1v) is 6.33. The van der Waals surface area contributed by atoms with Crippen LogP contribution in [-0.4, -0.2) is 5.91 Å². The van der Waals surface area contributed by atoms with Gasteiger partial charge in [-0.15, -0.1) is 0 Å². The molecule has 1 amide bonds. The largest absolute Gasteiger partial charge is 0.322 e. The fraction of sp³-hybridized carbons (Fsp3) is 0.0625. The van der Waals surface area contributed by atoms with Gasteiger partial charge in [0.25, 0.3) is 5.91 Å². The van der Waals surface area contributed by atoms with Crippen molar-refractivity contribution < 1.29 is 4.79 Å².